The van der Waals surface area contributed by atoms with Crippen molar-refractivity contribution in [2.45, 2.75) is 13.3 Å². The number of halogens is 3. The number of carbonyl (C=O) groups is 1. The number of nitrogens with zero attached hydrogens (tertiary/aromatic N) is 1. The van der Waals surface area contributed by atoms with Crippen molar-refractivity contribution in [2.75, 3.05) is 0 Å². The van der Waals surface area contributed by atoms with Crippen LogP contribution in [0.5, 0.6) is 0 Å². The molecule has 0 atom stereocenters. The van der Waals surface area contributed by atoms with Gasteiger partial charge in [0, 0.05) is 6.20 Å². The molecule has 0 bridgehead atoms. The van der Waals surface area contributed by atoms with Gasteiger partial charge in [0.05, 0.1) is 11.1 Å². The lowest BCUT2D eigenvalue weighted by Crippen LogP contribution is -2.07. The minimum atomic E-state index is -2.83. The number of hydrogen-bond acceptors (Lipinski definition) is 2. The molecule has 0 aliphatic heterocycles. The summed E-state index contributed by atoms with van der Waals surface area (Å²) >= 11 is 2.98. The molecule has 76 valence electrons. The van der Waals surface area contributed by atoms with E-state index in [9.17, 15) is 13.6 Å². The highest BCUT2D eigenvalue weighted by Crippen LogP contribution is 2.27. The zero-order valence-corrected chi connectivity index (χ0v) is 8.68. The summed E-state index contributed by atoms with van der Waals surface area (Å²) in [6, 6.07) is 0. The molecule has 1 heterocycles. The van der Waals surface area contributed by atoms with Crippen molar-refractivity contribution in [1.82, 2.24) is 4.98 Å². The molecular weight excluding hydrogens is 260 g/mol. The molecule has 0 saturated heterocycles. The van der Waals surface area contributed by atoms with Crippen LogP contribution >= 0.6 is 15.9 Å². The Kier molecular flexibility index (Phi) is 3.15. The Labute approximate surface area is 86.9 Å². The number of carboxylic acid groups (broad SMARTS) is 1. The molecule has 1 aromatic heterocycles. The first kappa shape index (κ1) is 11.0. The number of aromatic nitrogens is 1. The summed E-state index contributed by atoms with van der Waals surface area (Å²) in [6.07, 6.45) is -1.97. The summed E-state index contributed by atoms with van der Waals surface area (Å²) in [5.41, 5.74) is -0.740. The Hall–Kier alpha value is -1.04. The van der Waals surface area contributed by atoms with Gasteiger partial charge in [-0.3, -0.25) is 0 Å². The van der Waals surface area contributed by atoms with Crippen LogP contribution in [-0.2, 0) is 0 Å². The standard InChI is InChI=1S/C8H6BrF2NO2/c1-3-5(8(13)14)4(7(10)11)2-12-6(3)9/h2,7H,1H3,(H,13,14). The van der Waals surface area contributed by atoms with Crippen molar-refractivity contribution in [3.05, 3.63) is 27.5 Å². The van der Waals surface area contributed by atoms with Crippen molar-refractivity contribution in [2.24, 2.45) is 0 Å². The Morgan fingerprint density at radius 1 is 1.64 bits per heavy atom. The molecule has 1 N–H and O–H groups in total. The smallest absolute Gasteiger partial charge is 0.336 e. The van der Waals surface area contributed by atoms with E-state index in [4.69, 9.17) is 5.11 Å². The summed E-state index contributed by atoms with van der Waals surface area (Å²) in [5, 5.41) is 8.74. The van der Waals surface area contributed by atoms with Crippen LogP contribution in [0.15, 0.2) is 10.8 Å². The van der Waals surface area contributed by atoms with Crippen LogP contribution in [0.1, 0.15) is 27.9 Å². The summed E-state index contributed by atoms with van der Waals surface area (Å²) < 4.78 is 25.0. The fraction of sp³-hybridized carbons (Fsp3) is 0.250. The topological polar surface area (TPSA) is 50.2 Å². The van der Waals surface area contributed by atoms with E-state index in [1.165, 1.54) is 6.92 Å². The molecule has 6 heteroatoms. The number of pyridine rings is 1. The lowest BCUT2D eigenvalue weighted by Gasteiger charge is -2.08. The largest absolute Gasteiger partial charge is 0.478 e. The van der Waals surface area contributed by atoms with Gasteiger partial charge in [-0.15, -0.1) is 0 Å². The van der Waals surface area contributed by atoms with Crippen LogP contribution in [0.25, 0.3) is 0 Å². The van der Waals surface area contributed by atoms with Gasteiger partial charge < -0.3 is 5.11 Å². The highest BCUT2D eigenvalue weighted by Gasteiger charge is 2.22. The van der Waals surface area contributed by atoms with E-state index in [2.05, 4.69) is 20.9 Å². The van der Waals surface area contributed by atoms with Crippen LogP contribution in [0.2, 0.25) is 0 Å². The maximum atomic E-state index is 12.4. The third-order valence-corrected chi connectivity index (χ3v) is 2.54. The average Bonchev–Trinajstić information content (AvgIpc) is 2.08. The van der Waals surface area contributed by atoms with Crippen LogP contribution in [0.3, 0.4) is 0 Å². The summed E-state index contributed by atoms with van der Waals surface area (Å²) in [6.45, 7) is 1.42. The van der Waals surface area contributed by atoms with E-state index in [0.717, 1.165) is 6.20 Å². The normalized spacial score (nSPS) is 10.6. The highest BCUT2D eigenvalue weighted by molar-refractivity contribution is 9.10. The van der Waals surface area contributed by atoms with Gasteiger partial charge in [-0.1, -0.05) is 0 Å². The first-order valence-corrected chi connectivity index (χ1v) is 4.41. The molecule has 1 aromatic rings. The predicted molar refractivity (Wildman–Crippen MR) is 48.6 cm³/mol. The van der Waals surface area contributed by atoms with Crippen LogP contribution in [-0.4, -0.2) is 16.1 Å². The fourth-order valence-corrected chi connectivity index (χ4v) is 1.36. The second kappa shape index (κ2) is 4.00. The zero-order chi connectivity index (χ0) is 10.9. The first-order chi connectivity index (χ1) is 6.45. The van der Waals surface area contributed by atoms with Gasteiger partial charge in [0.25, 0.3) is 6.43 Å². The molecule has 0 saturated carbocycles. The number of rotatable bonds is 2. The van der Waals surface area contributed by atoms with Gasteiger partial charge in [-0.05, 0) is 28.4 Å². The number of carboxylic acids is 1. The minimum absolute atomic E-state index is 0.204. The van der Waals surface area contributed by atoms with Gasteiger partial charge in [-0.25, -0.2) is 18.6 Å². The zero-order valence-electron chi connectivity index (χ0n) is 7.09. The summed E-state index contributed by atoms with van der Waals surface area (Å²) in [4.78, 5) is 14.3. The van der Waals surface area contributed by atoms with Crippen molar-refractivity contribution in [1.29, 1.82) is 0 Å². The Balaban J connectivity index is 3.45. The molecule has 0 aliphatic carbocycles. The monoisotopic (exact) mass is 265 g/mol. The number of aromatic carboxylic acids is 1. The van der Waals surface area contributed by atoms with Gasteiger partial charge in [-0.2, -0.15) is 0 Å². The Morgan fingerprint density at radius 2 is 2.21 bits per heavy atom. The minimum Gasteiger partial charge on any atom is -0.478 e. The molecule has 3 nitrogen and oxygen atoms in total. The molecule has 0 aliphatic rings. The van der Waals surface area contributed by atoms with E-state index in [1.54, 1.807) is 0 Å². The molecule has 0 aromatic carbocycles. The molecule has 0 fully saturated rings. The first-order valence-electron chi connectivity index (χ1n) is 3.61. The van der Waals surface area contributed by atoms with E-state index in [0.29, 0.717) is 0 Å². The Bertz CT molecular complexity index is 382. The van der Waals surface area contributed by atoms with Crippen molar-refractivity contribution < 1.29 is 18.7 Å². The second-order valence-corrected chi connectivity index (χ2v) is 3.36. The maximum Gasteiger partial charge on any atom is 0.336 e. The fourth-order valence-electron chi connectivity index (χ4n) is 1.06. The van der Waals surface area contributed by atoms with Gasteiger partial charge in [0.2, 0.25) is 0 Å². The van der Waals surface area contributed by atoms with E-state index < -0.39 is 18.0 Å². The van der Waals surface area contributed by atoms with Crippen LogP contribution < -0.4 is 0 Å². The number of hydrogen-bond donors (Lipinski definition) is 1. The van der Waals surface area contributed by atoms with Crippen molar-refractivity contribution in [3.8, 4) is 0 Å². The van der Waals surface area contributed by atoms with E-state index in [-0.39, 0.29) is 15.7 Å². The van der Waals surface area contributed by atoms with E-state index in [1.807, 2.05) is 0 Å². The molecule has 0 spiro atoms. The Morgan fingerprint density at radius 3 is 2.64 bits per heavy atom. The molecule has 14 heavy (non-hydrogen) atoms. The molecule has 1 rings (SSSR count). The quantitative estimate of drug-likeness (QED) is 0.837. The molecule has 0 amide bonds. The predicted octanol–water partition coefficient (Wildman–Crippen LogP) is 2.79. The molecule has 0 radical (unpaired) electrons. The lowest BCUT2D eigenvalue weighted by molar-refractivity contribution is 0.0683. The SMILES string of the molecule is Cc1c(Br)ncc(C(F)F)c1C(=O)O. The highest BCUT2D eigenvalue weighted by atomic mass is 79.9. The average molecular weight is 266 g/mol. The summed E-state index contributed by atoms with van der Waals surface area (Å²) in [7, 11) is 0. The van der Waals surface area contributed by atoms with Crippen LogP contribution in [0.4, 0.5) is 8.78 Å². The van der Waals surface area contributed by atoms with Crippen molar-refractivity contribution >= 4 is 21.9 Å². The molecular formula is C8H6BrF2NO2. The van der Waals surface area contributed by atoms with E-state index >= 15 is 0 Å². The number of alkyl halides is 2. The third-order valence-electron chi connectivity index (χ3n) is 1.74. The maximum absolute atomic E-state index is 12.4. The van der Waals surface area contributed by atoms with Gasteiger partial charge >= 0.3 is 5.97 Å². The second-order valence-electron chi connectivity index (χ2n) is 2.61. The van der Waals surface area contributed by atoms with Crippen molar-refractivity contribution in [3.63, 3.8) is 0 Å². The van der Waals surface area contributed by atoms with Gasteiger partial charge in [0.15, 0.2) is 0 Å². The third kappa shape index (κ3) is 1.89. The van der Waals surface area contributed by atoms with Crippen LogP contribution in [0, 0.1) is 6.92 Å². The van der Waals surface area contributed by atoms with Gasteiger partial charge in [0.1, 0.15) is 4.60 Å². The lowest BCUT2D eigenvalue weighted by atomic mass is 10.1. The summed E-state index contributed by atoms with van der Waals surface area (Å²) in [5.74, 6) is -1.37. The molecule has 0 unspecified atom stereocenters.